The van der Waals surface area contributed by atoms with Gasteiger partial charge in [0, 0.05) is 15.7 Å². The van der Waals surface area contributed by atoms with Crippen molar-refractivity contribution >= 4 is 51.8 Å². The second-order valence-corrected chi connectivity index (χ2v) is 4.75. The minimum atomic E-state index is -1.64. The van der Waals surface area contributed by atoms with Crippen LogP contribution in [0.1, 0.15) is 0 Å². The number of hydrogen-bond donors (Lipinski definition) is 1. The van der Waals surface area contributed by atoms with Crippen LogP contribution < -0.4 is 5.32 Å². The Morgan fingerprint density at radius 3 is 2.47 bits per heavy atom. The maximum atomic E-state index is 11.1. The molecule has 1 aliphatic rings. The van der Waals surface area contributed by atoms with Crippen molar-refractivity contribution in [2.75, 3.05) is 12.4 Å². The van der Waals surface area contributed by atoms with E-state index in [4.69, 9.17) is 27.9 Å². The highest BCUT2D eigenvalue weighted by Crippen LogP contribution is 2.23. The van der Waals surface area contributed by atoms with Gasteiger partial charge in [-0.15, -0.1) is 8.80 Å². The summed E-state index contributed by atoms with van der Waals surface area (Å²) >= 11 is 10.1. The molecule has 0 fully saturated rings. The zero-order valence-corrected chi connectivity index (χ0v) is 10.9. The van der Waals surface area contributed by atoms with Gasteiger partial charge in [-0.05, 0) is 18.2 Å². The van der Waals surface area contributed by atoms with E-state index in [9.17, 15) is 4.21 Å². The van der Waals surface area contributed by atoms with E-state index in [0.717, 1.165) is 0 Å². The van der Waals surface area contributed by atoms with Crippen molar-refractivity contribution in [1.82, 2.24) is 0 Å². The van der Waals surface area contributed by atoms with Crippen LogP contribution in [0.15, 0.2) is 27.0 Å². The third kappa shape index (κ3) is 2.96. The van der Waals surface area contributed by atoms with Crippen molar-refractivity contribution in [3.05, 3.63) is 28.2 Å². The fourth-order valence-corrected chi connectivity index (χ4v) is 2.37. The van der Waals surface area contributed by atoms with Gasteiger partial charge in [0.25, 0.3) is 17.1 Å². The van der Waals surface area contributed by atoms with Gasteiger partial charge in [0.1, 0.15) is 0 Å². The summed E-state index contributed by atoms with van der Waals surface area (Å²) in [4.78, 5) is 0. The molecule has 0 amide bonds. The SMILES string of the molecule is COC1=NS(=O)N=C1Nc1cc(Cl)cc(Cl)c1. The number of nitrogens with one attached hydrogen (secondary N) is 1. The molecular weight excluding hydrogens is 285 g/mol. The highest BCUT2D eigenvalue weighted by molar-refractivity contribution is 7.83. The maximum absolute atomic E-state index is 11.1. The number of methoxy groups -OCH3 is 1. The van der Waals surface area contributed by atoms with Crippen LogP contribution in [0.2, 0.25) is 10.0 Å². The zero-order valence-electron chi connectivity index (χ0n) is 8.61. The molecule has 90 valence electrons. The standard InChI is InChI=1S/C9H7Cl2N3O2S/c1-16-9-8(13-17(15)14-9)12-7-3-5(10)2-6(11)4-7/h2-4H,1H3,(H,12,13). The molecule has 8 heteroatoms. The van der Waals surface area contributed by atoms with Gasteiger partial charge >= 0.3 is 0 Å². The summed E-state index contributed by atoms with van der Waals surface area (Å²) in [5.41, 5.74) is 0.616. The number of amidine groups is 1. The van der Waals surface area contributed by atoms with Gasteiger partial charge in [0.05, 0.1) is 7.11 Å². The third-order valence-corrected chi connectivity index (χ3v) is 2.95. The van der Waals surface area contributed by atoms with Crippen LogP contribution in [0.3, 0.4) is 0 Å². The number of ether oxygens (including phenoxy) is 1. The first kappa shape index (κ1) is 12.3. The Labute approximate surface area is 110 Å². The van der Waals surface area contributed by atoms with E-state index in [0.29, 0.717) is 15.7 Å². The molecule has 0 spiro atoms. The molecule has 1 N–H and O–H groups in total. The van der Waals surface area contributed by atoms with Crippen LogP contribution in [-0.4, -0.2) is 23.1 Å². The summed E-state index contributed by atoms with van der Waals surface area (Å²) in [5, 5.41) is 3.85. The van der Waals surface area contributed by atoms with Crippen molar-refractivity contribution in [3.63, 3.8) is 0 Å². The Balaban J connectivity index is 2.25. The number of hydrogen-bond acceptors (Lipinski definition) is 3. The van der Waals surface area contributed by atoms with Gasteiger partial charge in [-0.1, -0.05) is 23.2 Å². The number of halogens is 2. The highest BCUT2D eigenvalue weighted by atomic mass is 35.5. The molecule has 2 rings (SSSR count). The molecule has 1 atom stereocenters. The second-order valence-electron chi connectivity index (χ2n) is 3.05. The summed E-state index contributed by atoms with van der Waals surface area (Å²) in [7, 11) is 1.42. The van der Waals surface area contributed by atoms with Crippen LogP contribution in [0.25, 0.3) is 0 Å². The van der Waals surface area contributed by atoms with Gasteiger partial charge in [-0.25, -0.2) is 4.21 Å². The number of rotatable bonds is 1. The molecule has 0 aromatic heterocycles. The Kier molecular flexibility index (Phi) is 3.66. The molecule has 0 bridgehead atoms. The molecule has 0 aliphatic carbocycles. The molecular formula is C9H7Cl2N3O2S. The Bertz CT molecular complexity index is 525. The van der Waals surface area contributed by atoms with Gasteiger partial charge in [0.15, 0.2) is 0 Å². The Hall–Kier alpha value is -1.11. The molecule has 1 aromatic carbocycles. The quantitative estimate of drug-likeness (QED) is 0.864. The van der Waals surface area contributed by atoms with E-state index in [2.05, 4.69) is 14.1 Å². The summed E-state index contributed by atoms with van der Waals surface area (Å²) in [6, 6.07) is 4.92. The van der Waals surface area contributed by atoms with Crippen molar-refractivity contribution in [2.24, 2.45) is 8.80 Å². The molecule has 1 unspecified atom stereocenters. The molecule has 5 nitrogen and oxygen atoms in total. The number of nitrogens with zero attached hydrogens (tertiary/aromatic N) is 2. The first-order valence-corrected chi connectivity index (χ1v) is 6.27. The van der Waals surface area contributed by atoms with Gasteiger partial charge in [0.2, 0.25) is 5.84 Å². The first-order valence-electron chi connectivity index (χ1n) is 4.45. The largest absolute Gasteiger partial charge is 0.478 e. The molecule has 1 aliphatic heterocycles. The smallest absolute Gasteiger partial charge is 0.271 e. The van der Waals surface area contributed by atoms with Gasteiger partial charge < -0.3 is 10.1 Å². The van der Waals surface area contributed by atoms with Crippen LogP contribution in [0, 0.1) is 0 Å². The summed E-state index contributed by atoms with van der Waals surface area (Å²) in [6.07, 6.45) is 0. The number of benzene rings is 1. The van der Waals surface area contributed by atoms with Crippen LogP contribution in [0.5, 0.6) is 0 Å². The van der Waals surface area contributed by atoms with E-state index < -0.39 is 11.2 Å². The van der Waals surface area contributed by atoms with Crippen molar-refractivity contribution in [2.45, 2.75) is 0 Å². The van der Waals surface area contributed by atoms with E-state index in [1.807, 2.05) is 0 Å². The molecule has 0 saturated heterocycles. The average molecular weight is 292 g/mol. The van der Waals surface area contributed by atoms with E-state index in [1.54, 1.807) is 18.2 Å². The van der Waals surface area contributed by atoms with Crippen LogP contribution in [-0.2, 0) is 15.9 Å². The topological polar surface area (TPSA) is 63.0 Å². The fraction of sp³-hybridized carbons (Fsp3) is 0.111. The fourth-order valence-electron chi connectivity index (χ4n) is 1.22. The summed E-state index contributed by atoms with van der Waals surface area (Å²) in [5.74, 6) is 0.462. The minimum absolute atomic E-state index is 0.180. The average Bonchev–Trinajstić information content (AvgIpc) is 2.57. The molecule has 1 heterocycles. The molecule has 17 heavy (non-hydrogen) atoms. The van der Waals surface area contributed by atoms with Crippen LogP contribution >= 0.6 is 23.2 Å². The molecule has 0 radical (unpaired) electrons. The predicted molar refractivity (Wildman–Crippen MR) is 70.1 cm³/mol. The first-order chi connectivity index (χ1) is 8.08. The summed E-state index contributed by atoms with van der Waals surface area (Å²) in [6.45, 7) is 0. The monoisotopic (exact) mass is 291 g/mol. The Morgan fingerprint density at radius 2 is 1.88 bits per heavy atom. The lowest BCUT2D eigenvalue weighted by Crippen LogP contribution is -2.21. The maximum Gasteiger partial charge on any atom is 0.271 e. The lowest BCUT2D eigenvalue weighted by atomic mass is 10.3. The number of anilines is 1. The minimum Gasteiger partial charge on any atom is -0.478 e. The van der Waals surface area contributed by atoms with Gasteiger partial charge in [-0.2, -0.15) is 0 Å². The molecule has 1 aromatic rings. The van der Waals surface area contributed by atoms with Crippen molar-refractivity contribution in [1.29, 1.82) is 0 Å². The lowest BCUT2D eigenvalue weighted by Gasteiger charge is -2.07. The van der Waals surface area contributed by atoms with Crippen molar-refractivity contribution in [3.8, 4) is 0 Å². The lowest BCUT2D eigenvalue weighted by molar-refractivity contribution is 0.413. The van der Waals surface area contributed by atoms with E-state index in [-0.39, 0.29) is 11.7 Å². The zero-order chi connectivity index (χ0) is 12.4. The van der Waals surface area contributed by atoms with Crippen molar-refractivity contribution < 1.29 is 8.95 Å². The second kappa shape index (κ2) is 5.03. The van der Waals surface area contributed by atoms with Crippen LogP contribution in [0.4, 0.5) is 5.69 Å². The normalized spacial score (nSPS) is 18.6. The highest BCUT2D eigenvalue weighted by Gasteiger charge is 2.19. The molecule has 0 saturated carbocycles. The van der Waals surface area contributed by atoms with Gasteiger partial charge in [-0.3, -0.25) is 0 Å². The van der Waals surface area contributed by atoms with E-state index in [1.165, 1.54) is 7.11 Å². The third-order valence-electron chi connectivity index (χ3n) is 1.85. The van der Waals surface area contributed by atoms with E-state index >= 15 is 0 Å². The Morgan fingerprint density at radius 1 is 1.24 bits per heavy atom. The predicted octanol–water partition coefficient (Wildman–Crippen LogP) is 2.44. The summed E-state index contributed by atoms with van der Waals surface area (Å²) < 4.78 is 23.5.